The monoisotopic (exact) mass is 352 g/mol. The van der Waals surface area contributed by atoms with E-state index in [4.69, 9.17) is 4.74 Å². The van der Waals surface area contributed by atoms with E-state index < -0.39 is 11.9 Å². The molecule has 1 N–H and O–H groups in total. The third-order valence-corrected chi connectivity index (χ3v) is 4.14. The van der Waals surface area contributed by atoms with Gasteiger partial charge in [0.15, 0.2) is 6.61 Å². The molecule has 6 nitrogen and oxygen atoms in total. The van der Waals surface area contributed by atoms with Crippen LogP contribution in [0.5, 0.6) is 0 Å². The highest BCUT2D eigenvalue weighted by Gasteiger charge is 2.21. The molecule has 0 spiro atoms. The standard InChI is InChI=1S/C20H20N2O4/c1-14-7-9-15(10-8-14)20(25)26-13-18(23)21-16-4-2-5-17(12-16)22-11-3-6-19(22)24/h2,4-5,7-10,12H,3,6,11,13H2,1H3,(H,21,23). The second-order valence-corrected chi connectivity index (χ2v) is 6.19. The van der Waals surface area contributed by atoms with Crippen LogP contribution in [0.25, 0.3) is 0 Å². The first kappa shape index (κ1) is 17.7. The maximum atomic E-state index is 12.0. The topological polar surface area (TPSA) is 75.7 Å². The van der Waals surface area contributed by atoms with Crippen molar-refractivity contribution in [2.24, 2.45) is 0 Å². The van der Waals surface area contributed by atoms with E-state index in [9.17, 15) is 14.4 Å². The van der Waals surface area contributed by atoms with Crippen molar-refractivity contribution < 1.29 is 19.1 Å². The van der Waals surface area contributed by atoms with Gasteiger partial charge in [-0.15, -0.1) is 0 Å². The van der Waals surface area contributed by atoms with Crippen molar-refractivity contribution in [3.05, 3.63) is 59.7 Å². The number of rotatable bonds is 5. The van der Waals surface area contributed by atoms with Gasteiger partial charge in [0, 0.05) is 24.3 Å². The molecular weight excluding hydrogens is 332 g/mol. The highest BCUT2D eigenvalue weighted by molar-refractivity contribution is 5.98. The van der Waals surface area contributed by atoms with Gasteiger partial charge < -0.3 is 15.0 Å². The van der Waals surface area contributed by atoms with Crippen LogP contribution in [-0.2, 0) is 14.3 Å². The number of carbonyl (C=O) groups excluding carboxylic acids is 3. The third-order valence-electron chi connectivity index (χ3n) is 4.14. The lowest BCUT2D eigenvalue weighted by Gasteiger charge is -2.16. The number of amides is 2. The van der Waals surface area contributed by atoms with Gasteiger partial charge in [0.05, 0.1) is 5.56 Å². The Balaban J connectivity index is 1.55. The zero-order valence-electron chi connectivity index (χ0n) is 14.5. The number of hydrogen-bond donors (Lipinski definition) is 1. The van der Waals surface area contributed by atoms with E-state index in [1.165, 1.54) is 0 Å². The van der Waals surface area contributed by atoms with Gasteiger partial charge in [0.25, 0.3) is 5.91 Å². The number of aryl methyl sites for hydroxylation is 1. The lowest BCUT2D eigenvalue weighted by Crippen LogP contribution is -2.24. The molecule has 6 heteroatoms. The van der Waals surface area contributed by atoms with Crippen LogP contribution in [0.4, 0.5) is 11.4 Å². The summed E-state index contributed by atoms with van der Waals surface area (Å²) in [5.41, 5.74) is 2.74. The van der Waals surface area contributed by atoms with Crippen LogP contribution in [-0.4, -0.2) is 30.9 Å². The first-order valence-electron chi connectivity index (χ1n) is 8.47. The Hall–Kier alpha value is -3.15. The molecule has 1 aliphatic rings. The molecule has 0 saturated carbocycles. The lowest BCUT2D eigenvalue weighted by atomic mass is 10.1. The minimum atomic E-state index is -0.545. The van der Waals surface area contributed by atoms with Crippen molar-refractivity contribution in [2.45, 2.75) is 19.8 Å². The van der Waals surface area contributed by atoms with Crippen molar-refractivity contribution >= 4 is 29.2 Å². The summed E-state index contributed by atoms with van der Waals surface area (Å²) in [6.45, 7) is 2.23. The van der Waals surface area contributed by atoms with Crippen LogP contribution in [0, 0.1) is 6.92 Å². The van der Waals surface area contributed by atoms with Crippen molar-refractivity contribution in [2.75, 3.05) is 23.4 Å². The van der Waals surface area contributed by atoms with Gasteiger partial charge >= 0.3 is 5.97 Å². The Morgan fingerprint density at radius 2 is 1.92 bits per heavy atom. The minimum absolute atomic E-state index is 0.0838. The molecule has 1 aliphatic heterocycles. The minimum Gasteiger partial charge on any atom is -0.452 e. The second-order valence-electron chi connectivity index (χ2n) is 6.19. The number of benzene rings is 2. The Bertz CT molecular complexity index is 830. The van der Waals surface area contributed by atoms with E-state index >= 15 is 0 Å². The van der Waals surface area contributed by atoms with Gasteiger partial charge in [-0.25, -0.2) is 4.79 Å². The highest BCUT2D eigenvalue weighted by Crippen LogP contribution is 2.24. The van der Waals surface area contributed by atoms with Crippen LogP contribution < -0.4 is 10.2 Å². The highest BCUT2D eigenvalue weighted by atomic mass is 16.5. The van der Waals surface area contributed by atoms with E-state index in [2.05, 4.69) is 5.32 Å². The fourth-order valence-corrected chi connectivity index (χ4v) is 2.77. The van der Waals surface area contributed by atoms with Gasteiger partial charge in [-0.2, -0.15) is 0 Å². The molecule has 0 aromatic heterocycles. The van der Waals surface area contributed by atoms with E-state index in [1.807, 2.05) is 25.1 Å². The summed E-state index contributed by atoms with van der Waals surface area (Å²) in [5.74, 6) is -0.896. The molecule has 0 radical (unpaired) electrons. The Labute approximate surface area is 151 Å². The molecule has 26 heavy (non-hydrogen) atoms. The fraction of sp³-hybridized carbons (Fsp3) is 0.250. The van der Waals surface area contributed by atoms with Crippen LogP contribution >= 0.6 is 0 Å². The Morgan fingerprint density at radius 3 is 2.62 bits per heavy atom. The van der Waals surface area contributed by atoms with Gasteiger partial charge in [0.1, 0.15) is 0 Å². The summed E-state index contributed by atoms with van der Waals surface area (Å²) in [6, 6.07) is 14.0. The molecule has 2 amide bonds. The first-order valence-corrected chi connectivity index (χ1v) is 8.47. The maximum absolute atomic E-state index is 12.0. The SMILES string of the molecule is Cc1ccc(C(=O)OCC(=O)Nc2cccc(N3CCCC3=O)c2)cc1. The number of hydrogen-bond acceptors (Lipinski definition) is 4. The molecule has 0 aliphatic carbocycles. The molecule has 0 unspecified atom stereocenters. The summed E-state index contributed by atoms with van der Waals surface area (Å²) in [4.78, 5) is 37.5. The lowest BCUT2D eigenvalue weighted by molar-refractivity contribution is -0.119. The molecule has 2 aromatic carbocycles. The molecule has 0 atom stereocenters. The number of nitrogens with zero attached hydrogens (tertiary/aromatic N) is 1. The van der Waals surface area contributed by atoms with Crippen LogP contribution in [0.15, 0.2) is 48.5 Å². The molecule has 134 valence electrons. The van der Waals surface area contributed by atoms with Crippen molar-refractivity contribution in [3.8, 4) is 0 Å². The van der Waals surface area contributed by atoms with E-state index in [-0.39, 0.29) is 12.5 Å². The summed E-state index contributed by atoms with van der Waals surface area (Å²) in [5, 5.41) is 2.68. The Morgan fingerprint density at radius 1 is 1.15 bits per heavy atom. The van der Waals surface area contributed by atoms with Gasteiger partial charge in [-0.05, 0) is 43.7 Å². The smallest absolute Gasteiger partial charge is 0.338 e. The summed E-state index contributed by atoms with van der Waals surface area (Å²) in [7, 11) is 0. The Kier molecular flexibility index (Phi) is 5.31. The summed E-state index contributed by atoms with van der Waals surface area (Å²) < 4.78 is 5.03. The second kappa shape index (κ2) is 7.82. The quantitative estimate of drug-likeness (QED) is 0.840. The molecule has 3 rings (SSSR count). The molecule has 1 fully saturated rings. The van der Waals surface area contributed by atoms with Gasteiger partial charge in [-0.3, -0.25) is 9.59 Å². The van der Waals surface area contributed by atoms with E-state index in [0.29, 0.717) is 24.2 Å². The van der Waals surface area contributed by atoms with E-state index in [1.54, 1.807) is 35.2 Å². The largest absolute Gasteiger partial charge is 0.452 e. The zero-order valence-corrected chi connectivity index (χ0v) is 14.5. The van der Waals surface area contributed by atoms with E-state index in [0.717, 1.165) is 17.7 Å². The van der Waals surface area contributed by atoms with Crippen LogP contribution in [0.1, 0.15) is 28.8 Å². The average Bonchev–Trinajstić information content (AvgIpc) is 3.06. The molecule has 2 aromatic rings. The molecular formula is C20H20N2O4. The maximum Gasteiger partial charge on any atom is 0.338 e. The third kappa shape index (κ3) is 4.27. The summed E-state index contributed by atoms with van der Waals surface area (Å²) in [6.07, 6.45) is 1.38. The molecule has 1 saturated heterocycles. The first-order chi connectivity index (χ1) is 12.5. The van der Waals surface area contributed by atoms with Crippen LogP contribution in [0.2, 0.25) is 0 Å². The predicted molar refractivity (Wildman–Crippen MR) is 98.1 cm³/mol. The van der Waals surface area contributed by atoms with Crippen LogP contribution in [0.3, 0.4) is 0 Å². The number of esters is 1. The van der Waals surface area contributed by atoms with Crippen molar-refractivity contribution in [3.63, 3.8) is 0 Å². The fourth-order valence-electron chi connectivity index (χ4n) is 2.77. The number of ether oxygens (including phenoxy) is 1. The van der Waals surface area contributed by atoms with Crippen molar-refractivity contribution in [1.29, 1.82) is 0 Å². The van der Waals surface area contributed by atoms with Crippen molar-refractivity contribution in [1.82, 2.24) is 0 Å². The average molecular weight is 352 g/mol. The number of carbonyl (C=O) groups is 3. The van der Waals surface area contributed by atoms with Gasteiger partial charge in [-0.1, -0.05) is 23.8 Å². The zero-order chi connectivity index (χ0) is 18.5. The number of nitrogens with one attached hydrogen (secondary N) is 1. The number of anilines is 2. The molecule has 1 heterocycles. The van der Waals surface area contributed by atoms with Gasteiger partial charge in [0.2, 0.25) is 5.91 Å². The summed E-state index contributed by atoms with van der Waals surface area (Å²) >= 11 is 0. The molecule has 0 bridgehead atoms. The predicted octanol–water partition coefficient (Wildman–Crippen LogP) is 2.92. The normalized spacial score (nSPS) is 13.6.